The third kappa shape index (κ3) is 4.39. The third-order valence-electron chi connectivity index (χ3n) is 3.68. The van der Waals surface area contributed by atoms with Gasteiger partial charge in [0.2, 0.25) is 0 Å². The zero-order chi connectivity index (χ0) is 17.0. The molecule has 0 heterocycles. The highest BCUT2D eigenvalue weighted by molar-refractivity contribution is 6.30. The first-order chi connectivity index (χ1) is 10.9. The lowest BCUT2D eigenvalue weighted by atomic mass is 10.1. The Hall–Kier alpha value is -2.20. The Morgan fingerprint density at radius 3 is 2.52 bits per heavy atom. The van der Waals surface area contributed by atoms with E-state index in [4.69, 9.17) is 21.1 Å². The van der Waals surface area contributed by atoms with Crippen molar-refractivity contribution in [2.24, 2.45) is 0 Å². The van der Waals surface area contributed by atoms with Gasteiger partial charge in [-0.15, -0.1) is 0 Å². The average Bonchev–Trinajstić information content (AvgIpc) is 2.50. The molecule has 0 spiro atoms. The Bertz CT molecular complexity index is 712. The van der Waals surface area contributed by atoms with E-state index in [1.807, 2.05) is 26.0 Å². The molecule has 0 radical (unpaired) electrons. The molecule has 1 atom stereocenters. The van der Waals surface area contributed by atoms with E-state index >= 15 is 0 Å². The third-order valence-corrected chi connectivity index (χ3v) is 3.92. The van der Waals surface area contributed by atoms with Crippen LogP contribution in [0.4, 0.5) is 0 Å². The molecule has 0 amide bonds. The molecule has 0 aliphatic heterocycles. The molecule has 2 aromatic rings. The molecule has 0 fully saturated rings. The van der Waals surface area contributed by atoms with Crippen molar-refractivity contribution < 1.29 is 19.4 Å². The van der Waals surface area contributed by atoms with E-state index in [1.165, 1.54) is 7.11 Å². The number of carboxylic acids is 1. The minimum absolute atomic E-state index is 0.159. The first kappa shape index (κ1) is 17.2. The molecular formula is C18H19ClO4. The SMILES string of the molecule is COc1ccc(Cl)cc1C[C@H](Oc1ccc(C)c(C)c1)C(=O)O. The fourth-order valence-corrected chi connectivity index (χ4v) is 2.43. The maximum atomic E-state index is 11.5. The molecular weight excluding hydrogens is 316 g/mol. The van der Waals surface area contributed by atoms with Gasteiger partial charge in [-0.1, -0.05) is 17.7 Å². The summed E-state index contributed by atoms with van der Waals surface area (Å²) in [6.45, 7) is 3.95. The number of aryl methyl sites for hydroxylation is 2. The fraction of sp³-hybridized carbons (Fsp3) is 0.278. The number of carbonyl (C=O) groups is 1. The monoisotopic (exact) mass is 334 g/mol. The van der Waals surface area contributed by atoms with Crippen LogP contribution in [0.1, 0.15) is 16.7 Å². The Balaban J connectivity index is 2.24. The quantitative estimate of drug-likeness (QED) is 0.866. The summed E-state index contributed by atoms with van der Waals surface area (Å²) in [7, 11) is 1.53. The van der Waals surface area contributed by atoms with Gasteiger partial charge in [0.05, 0.1) is 7.11 Å². The largest absolute Gasteiger partial charge is 0.496 e. The minimum atomic E-state index is -1.04. The molecule has 2 aromatic carbocycles. The van der Waals surface area contributed by atoms with Crippen LogP contribution in [0.15, 0.2) is 36.4 Å². The fourth-order valence-electron chi connectivity index (χ4n) is 2.24. The number of methoxy groups -OCH3 is 1. The van der Waals surface area contributed by atoms with Crippen molar-refractivity contribution >= 4 is 17.6 Å². The lowest BCUT2D eigenvalue weighted by molar-refractivity contribution is -0.145. The molecule has 0 unspecified atom stereocenters. The lowest BCUT2D eigenvalue weighted by Crippen LogP contribution is -2.29. The predicted octanol–water partition coefficient (Wildman–Crippen LogP) is 4.04. The van der Waals surface area contributed by atoms with Crippen LogP contribution in [-0.2, 0) is 11.2 Å². The summed E-state index contributed by atoms with van der Waals surface area (Å²) >= 11 is 5.99. The maximum Gasteiger partial charge on any atom is 0.345 e. The van der Waals surface area contributed by atoms with Gasteiger partial charge in [-0.2, -0.15) is 0 Å². The zero-order valence-corrected chi connectivity index (χ0v) is 14.1. The summed E-state index contributed by atoms with van der Waals surface area (Å²) in [6, 6.07) is 10.6. The van der Waals surface area contributed by atoms with Gasteiger partial charge in [0.25, 0.3) is 0 Å². The summed E-state index contributed by atoms with van der Waals surface area (Å²) in [5.41, 5.74) is 2.86. The van der Waals surface area contributed by atoms with Crippen LogP contribution in [0.2, 0.25) is 5.02 Å². The van der Waals surface area contributed by atoms with Gasteiger partial charge in [-0.05, 0) is 60.9 Å². The topological polar surface area (TPSA) is 55.8 Å². The second kappa shape index (κ2) is 7.38. The van der Waals surface area contributed by atoms with Crippen molar-refractivity contribution in [1.29, 1.82) is 0 Å². The molecule has 0 aliphatic carbocycles. The van der Waals surface area contributed by atoms with Crippen molar-refractivity contribution in [3.05, 3.63) is 58.1 Å². The van der Waals surface area contributed by atoms with Crippen LogP contribution in [0.3, 0.4) is 0 Å². The van der Waals surface area contributed by atoms with E-state index < -0.39 is 12.1 Å². The minimum Gasteiger partial charge on any atom is -0.496 e. The highest BCUT2D eigenvalue weighted by atomic mass is 35.5. The number of hydrogen-bond donors (Lipinski definition) is 1. The van der Waals surface area contributed by atoms with E-state index in [0.717, 1.165) is 11.1 Å². The van der Waals surface area contributed by atoms with Crippen molar-refractivity contribution in [2.45, 2.75) is 26.4 Å². The number of rotatable bonds is 6. The summed E-state index contributed by atoms with van der Waals surface area (Å²) in [4.78, 5) is 11.5. The van der Waals surface area contributed by atoms with Crippen LogP contribution < -0.4 is 9.47 Å². The molecule has 122 valence electrons. The average molecular weight is 335 g/mol. The summed E-state index contributed by atoms with van der Waals surface area (Å²) in [6.07, 6.45) is -0.865. The van der Waals surface area contributed by atoms with E-state index in [-0.39, 0.29) is 6.42 Å². The zero-order valence-electron chi connectivity index (χ0n) is 13.3. The van der Waals surface area contributed by atoms with Crippen LogP contribution in [0.25, 0.3) is 0 Å². The number of carboxylic acid groups (broad SMARTS) is 1. The van der Waals surface area contributed by atoms with E-state index in [9.17, 15) is 9.90 Å². The van der Waals surface area contributed by atoms with Crippen LogP contribution in [-0.4, -0.2) is 24.3 Å². The van der Waals surface area contributed by atoms with Gasteiger partial charge < -0.3 is 14.6 Å². The standard InChI is InChI=1S/C18H19ClO4/c1-11-4-6-15(8-12(11)2)23-17(18(20)21)10-13-9-14(19)5-7-16(13)22-3/h4-9,17H,10H2,1-3H3,(H,20,21)/t17-/m0/s1. The molecule has 1 N–H and O–H groups in total. The Morgan fingerprint density at radius 2 is 1.91 bits per heavy atom. The molecule has 5 heteroatoms. The van der Waals surface area contributed by atoms with E-state index in [1.54, 1.807) is 24.3 Å². The van der Waals surface area contributed by atoms with Crippen LogP contribution in [0, 0.1) is 13.8 Å². The number of ether oxygens (including phenoxy) is 2. The van der Waals surface area contributed by atoms with Gasteiger partial charge in [0.15, 0.2) is 6.10 Å². The Morgan fingerprint density at radius 1 is 1.17 bits per heavy atom. The van der Waals surface area contributed by atoms with Gasteiger partial charge in [0, 0.05) is 11.4 Å². The van der Waals surface area contributed by atoms with Crippen LogP contribution >= 0.6 is 11.6 Å². The molecule has 0 aromatic heterocycles. The van der Waals surface area contributed by atoms with E-state index in [2.05, 4.69) is 0 Å². The van der Waals surface area contributed by atoms with Crippen molar-refractivity contribution in [2.75, 3.05) is 7.11 Å². The van der Waals surface area contributed by atoms with Gasteiger partial charge in [-0.25, -0.2) is 4.79 Å². The summed E-state index contributed by atoms with van der Waals surface area (Å²) < 4.78 is 10.9. The number of hydrogen-bond acceptors (Lipinski definition) is 3. The highest BCUT2D eigenvalue weighted by Crippen LogP contribution is 2.26. The number of benzene rings is 2. The number of aliphatic carboxylic acids is 1. The smallest absolute Gasteiger partial charge is 0.345 e. The van der Waals surface area contributed by atoms with Gasteiger partial charge >= 0.3 is 5.97 Å². The predicted molar refractivity (Wildman–Crippen MR) is 89.7 cm³/mol. The second-order valence-corrected chi connectivity index (χ2v) is 5.79. The van der Waals surface area contributed by atoms with Crippen molar-refractivity contribution in [3.63, 3.8) is 0 Å². The van der Waals surface area contributed by atoms with Crippen molar-refractivity contribution in [1.82, 2.24) is 0 Å². The first-order valence-electron chi connectivity index (χ1n) is 7.20. The molecule has 0 bridgehead atoms. The molecule has 4 nitrogen and oxygen atoms in total. The first-order valence-corrected chi connectivity index (χ1v) is 7.57. The van der Waals surface area contributed by atoms with Gasteiger partial charge in [-0.3, -0.25) is 0 Å². The maximum absolute atomic E-state index is 11.5. The van der Waals surface area contributed by atoms with Crippen molar-refractivity contribution in [3.8, 4) is 11.5 Å². The second-order valence-electron chi connectivity index (χ2n) is 5.35. The van der Waals surface area contributed by atoms with Gasteiger partial charge in [0.1, 0.15) is 11.5 Å². The highest BCUT2D eigenvalue weighted by Gasteiger charge is 2.22. The summed E-state index contributed by atoms with van der Waals surface area (Å²) in [5.74, 6) is 0.0797. The molecule has 0 saturated carbocycles. The van der Waals surface area contributed by atoms with E-state index in [0.29, 0.717) is 22.1 Å². The normalized spacial score (nSPS) is 11.8. The number of halogens is 1. The Kier molecular flexibility index (Phi) is 5.50. The summed E-state index contributed by atoms with van der Waals surface area (Å²) in [5, 5.41) is 9.98. The van der Waals surface area contributed by atoms with Crippen LogP contribution in [0.5, 0.6) is 11.5 Å². The lowest BCUT2D eigenvalue weighted by Gasteiger charge is -2.17. The molecule has 0 saturated heterocycles. The Labute approximate surface area is 140 Å². The molecule has 23 heavy (non-hydrogen) atoms. The molecule has 2 rings (SSSR count). The molecule has 0 aliphatic rings.